The van der Waals surface area contributed by atoms with Gasteiger partial charge in [-0.2, -0.15) is 16.9 Å². The highest BCUT2D eigenvalue weighted by molar-refractivity contribution is 7.99. The van der Waals surface area contributed by atoms with Crippen LogP contribution in [0.1, 0.15) is 37.7 Å². The average molecular weight is 591 g/mol. The monoisotopic (exact) mass is 590 g/mol. The topological polar surface area (TPSA) is 75.1 Å². The number of amides is 2. The molecule has 0 bridgehead atoms. The molecule has 2 amide bonds. The minimum atomic E-state index is -0.325. The Hall–Kier alpha value is -4.14. The molecule has 0 saturated carbocycles. The molecule has 2 N–H and O–H groups in total. The highest BCUT2D eigenvalue weighted by Crippen LogP contribution is 2.34. The molecule has 3 aromatic carbocycles. The maximum absolute atomic E-state index is 13.4. The Balaban J connectivity index is 1.24. The van der Waals surface area contributed by atoms with Crippen molar-refractivity contribution in [1.82, 2.24) is 19.7 Å². The third-order valence-electron chi connectivity index (χ3n) is 7.80. The van der Waals surface area contributed by atoms with Gasteiger partial charge in [-0.1, -0.05) is 74.9 Å². The molecule has 0 spiro atoms. The average Bonchev–Trinajstić information content (AvgIpc) is 3.43. The van der Waals surface area contributed by atoms with Gasteiger partial charge in [0.25, 0.3) is 0 Å². The zero-order valence-corrected chi connectivity index (χ0v) is 26.0. The van der Waals surface area contributed by atoms with Crippen LogP contribution in [-0.4, -0.2) is 50.3 Å². The summed E-state index contributed by atoms with van der Waals surface area (Å²) in [6, 6.07) is 26.2. The number of aromatic nitrogens is 3. The second kappa shape index (κ2) is 12.2. The number of anilines is 2. The predicted octanol–water partition coefficient (Wildman–Crippen LogP) is 7.89. The van der Waals surface area contributed by atoms with Crippen molar-refractivity contribution in [3.63, 3.8) is 0 Å². The lowest BCUT2D eigenvalue weighted by molar-refractivity contribution is 0.262. The second-order valence-electron chi connectivity index (χ2n) is 12.1. The van der Waals surface area contributed by atoms with Crippen molar-refractivity contribution in [1.29, 1.82) is 0 Å². The molecule has 6 rings (SSSR count). The molecule has 5 aromatic rings. The van der Waals surface area contributed by atoms with Crippen LogP contribution in [0.4, 0.5) is 16.3 Å². The van der Waals surface area contributed by atoms with Crippen LogP contribution in [0.15, 0.2) is 85.1 Å². The molecule has 0 radical (unpaired) electrons. The summed E-state index contributed by atoms with van der Waals surface area (Å²) in [5.74, 6) is 3.00. The molecule has 3 heterocycles. The normalized spacial score (nSPS) is 14.1. The van der Waals surface area contributed by atoms with Gasteiger partial charge < -0.3 is 5.32 Å². The number of nitrogens with one attached hydrogen (secondary N) is 2. The van der Waals surface area contributed by atoms with Crippen molar-refractivity contribution in [2.24, 2.45) is 0 Å². The van der Waals surface area contributed by atoms with E-state index in [1.165, 1.54) is 11.5 Å². The van der Waals surface area contributed by atoms with Crippen molar-refractivity contribution in [2.75, 3.05) is 35.2 Å². The number of rotatable bonds is 6. The first-order chi connectivity index (χ1) is 20.7. The summed E-state index contributed by atoms with van der Waals surface area (Å²) < 4.78 is 1.79. The number of thioether (sulfide) groups is 1. The van der Waals surface area contributed by atoms with Crippen molar-refractivity contribution in [2.45, 2.75) is 39.7 Å². The van der Waals surface area contributed by atoms with Crippen LogP contribution in [0.3, 0.4) is 0 Å². The largest absolute Gasteiger partial charge is 0.324 e. The summed E-state index contributed by atoms with van der Waals surface area (Å²) in [4.78, 5) is 20.7. The van der Waals surface area contributed by atoms with Crippen LogP contribution in [0, 0.1) is 6.92 Å². The minimum Gasteiger partial charge on any atom is -0.307 e. The fraction of sp³-hybridized carbons (Fsp3) is 0.286. The van der Waals surface area contributed by atoms with Gasteiger partial charge in [-0.3, -0.25) is 15.2 Å². The number of pyridine rings is 1. The van der Waals surface area contributed by atoms with Crippen LogP contribution in [-0.2, 0) is 12.0 Å². The maximum atomic E-state index is 13.4. The van der Waals surface area contributed by atoms with E-state index in [0.29, 0.717) is 5.82 Å². The molecular weight excluding hydrogens is 552 g/mol. The van der Waals surface area contributed by atoms with Gasteiger partial charge in [0.15, 0.2) is 0 Å². The van der Waals surface area contributed by atoms with Crippen molar-refractivity contribution < 1.29 is 4.79 Å². The van der Waals surface area contributed by atoms with Gasteiger partial charge in [-0.15, -0.1) is 0 Å². The quantitative estimate of drug-likeness (QED) is 0.210. The highest BCUT2D eigenvalue weighted by atomic mass is 32.2. The summed E-state index contributed by atoms with van der Waals surface area (Å²) in [6.45, 7) is 11.5. The van der Waals surface area contributed by atoms with Gasteiger partial charge in [-0.05, 0) is 42.1 Å². The summed E-state index contributed by atoms with van der Waals surface area (Å²) in [5.41, 5.74) is 6.75. The highest BCUT2D eigenvalue weighted by Gasteiger charge is 2.22. The van der Waals surface area contributed by atoms with Gasteiger partial charge in [0.1, 0.15) is 5.82 Å². The number of fused-ring (bicyclic) bond motifs is 1. The van der Waals surface area contributed by atoms with Crippen LogP contribution >= 0.6 is 11.8 Å². The standard InChI is InChI=1S/C35H38N6OS/c1-24-9-13-27(14-10-24)41-33(21-32(39-41)35(2,3)4)38-34(42)37-31-16-15-28(29-7-5-6-8-30(29)31)25-11-12-26(36-22-25)23-40-17-19-43-20-18-40/h5-16,21-22H,17-20,23H2,1-4H3,(H2,37,38,42). The molecule has 0 unspecified atom stereocenters. The molecule has 1 aliphatic rings. The van der Waals surface area contributed by atoms with Gasteiger partial charge >= 0.3 is 6.03 Å². The molecular formula is C35H38N6OS. The Morgan fingerprint density at radius 2 is 1.65 bits per heavy atom. The van der Waals surface area contributed by atoms with Gasteiger partial charge in [0, 0.05) is 59.8 Å². The molecule has 43 heavy (non-hydrogen) atoms. The lowest BCUT2D eigenvalue weighted by atomic mass is 9.92. The summed E-state index contributed by atoms with van der Waals surface area (Å²) in [5, 5.41) is 13.0. The minimum absolute atomic E-state index is 0.172. The van der Waals surface area contributed by atoms with E-state index in [2.05, 4.69) is 67.5 Å². The number of urea groups is 1. The lowest BCUT2D eigenvalue weighted by Crippen LogP contribution is -2.32. The Kier molecular flexibility index (Phi) is 8.23. The smallest absolute Gasteiger partial charge is 0.307 e. The molecule has 0 aliphatic carbocycles. The number of carbonyl (C=O) groups excluding carboxylic acids is 1. The zero-order chi connectivity index (χ0) is 30.0. The van der Waals surface area contributed by atoms with E-state index in [-0.39, 0.29) is 11.4 Å². The Morgan fingerprint density at radius 1 is 0.907 bits per heavy atom. The van der Waals surface area contributed by atoms with Gasteiger partial charge in [0.2, 0.25) is 0 Å². The number of hydrogen-bond acceptors (Lipinski definition) is 5. The molecule has 8 heteroatoms. The number of benzene rings is 3. The van der Waals surface area contributed by atoms with E-state index < -0.39 is 0 Å². The van der Waals surface area contributed by atoms with Gasteiger partial charge in [-0.25, -0.2) is 9.48 Å². The lowest BCUT2D eigenvalue weighted by Gasteiger charge is -2.25. The van der Waals surface area contributed by atoms with E-state index >= 15 is 0 Å². The van der Waals surface area contributed by atoms with E-state index in [4.69, 9.17) is 10.1 Å². The fourth-order valence-electron chi connectivity index (χ4n) is 5.31. The number of aryl methyl sites for hydroxylation is 1. The molecule has 1 aliphatic heterocycles. The maximum Gasteiger partial charge on any atom is 0.324 e. The molecule has 0 atom stereocenters. The molecule has 220 valence electrons. The fourth-order valence-corrected chi connectivity index (χ4v) is 6.29. The third-order valence-corrected chi connectivity index (χ3v) is 8.74. The Bertz CT molecular complexity index is 1730. The first-order valence-corrected chi connectivity index (χ1v) is 15.9. The van der Waals surface area contributed by atoms with Crippen molar-refractivity contribution in [3.05, 3.63) is 102 Å². The van der Waals surface area contributed by atoms with Crippen molar-refractivity contribution in [3.8, 4) is 16.8 Å². The SMILES string of the molecule is Cc1ccc(-n2nc(C(C)(C)C)cc2NC(=O)Nc2ccc(-c3ccc(CN4CCSCC4)nc3)c3ccccc23)cc1. The number of nitrogens with zero attached hydrogens (tertiary/aromatic N) is 4. The van der Waals surface area contributed by atoms with E-state index in [1.54, 1.807) is 4.68 Å². The number of hydrogen-bond donors (Lipinski definition) is 2. The van der Waals surface area contributed by atoms with Crippen LogP contribution in [0.5, 0.6) is 0 Å². The first-order valence-electron chi connectivity index (χ1n) is 14.8. The van der Waals surface area contributed by atoms with Crippen molar-refractivity contribution >= 4 is 40.1 Å². The third kappa shape index (κ3) is 6.60. The summed E-state index contributed by atoms with van der Waals surface area (Å²) in [7, 11) is 0. The zero-order valence-electron chi connectivity index (χ0n) is 25.2. The Labute approximate surface area is 257 Å². The molecule has 1 fully saturated rings. The first kappa shape index (κ1) is 29.0. The summed E-state index contributed by atoms with van der Waals surface area (Å²) in [6.07, 6.45) is 1.97. The van der Waals surface area contributed by atoms with Crippen LogP contribution in [0.2, 0.25) is 0 Å². The molecule has 7 nitrogen and oxygen atoms in total. The number of carbonyl (C=O) groups is 1. The second-order valence-corrected chi connectivity index (χ2v) is 13.3. The van der Waals surface area contributed by atoms with E-state index in [9.17, 15) is 4.79 Å². The van der Waals surface area contributed by atoms with E-state index in [1.807, 2.05) is 72.6 Å². The van der Waals surface area contributed by atoms with Crippen LogP contribution < -0.4 is 10.6 Å². The molecule has 2 aromatic heterocycles. The van der Waals surface area contributed by atoms with Crippen LogP contribution in [0.25, 0.3) is 27.6 Å². The van der Waals surface area contributed by atoms with E-state index in [0.717, 1.165) is 69.9 Å². The molecule has 1 saturated heterocycles. The predicted molar refractivity (Wildman–Crippen MR) is 179 cm³/mol. The van der Waals surface area contributed by atoms with Gasteiger partial charge in [0.05, 0.1) is 22.8 Å². The summed E-state index contributed by atoms with van der Waals surface area (Å²) >= 11 is 2.02. The Morgan fingerprint density at radius 3 is 2.35 bits per heavy atom.